The second-order valence-corrected chi connectivity index (χ2v) is 3.19. The summed E-state index contributed by atoms with van der Waals surface area (Å²) in [6.07, 6.45) is 0.0930. The predicted molar refractivity (Wildman–Crippen MR) is 43.6 cm³/mol. The van der Waals surface area contributed by atoms with Crippen molar-refractivity contribution in [3.05, 3.63) is 12.7 Å². The molecular formula is C6H13NaO5S. The van der Waals surface area contributed by atoms with Gasteiger partial charge in [0.2, 0.25) is 0 Å². The standard InChI is InChI=1S/C6H12O5S.Na.H/c1-3-5-10-12(8,9)11-6(7)4-2;;/h3,6-7H,1,4-5H2,2H3;;/q;+1;-1. The van der Waals surface area contributed by atoms with Crippen LogP contribution in [-0.4, -0.2) is 26.4 Å². The molecule has 0 spiro atoms. The second-order valence-electron chi connectivity index (χ2n) is 1.94. The molecule has 0 bridgehead atoms. The fourth-order valence-corrected chi connectivity index (χ4v) is 1.09. The molecule has 0 amide bonds. The summed E-state index contributed by atoms with van der Waals surface area (Å²) in [6, 6.07) is 0. The van der Waals surface area contributed by atoms with E-state index in [0.717, 1.165) is 0 Å². The molecule has 74 valence electrons. The van der Waals surface area contributed by atoms with E-state index in [1.165, 1.54) is 6.08 Å². The van der Waals surface area contributed by atoms with Crippen LogP contribution in [-0.2, 0) is 18.8 Å². The molecule has 0 saturated carbocycles. The third-order valence-corrected chi connectivity index (χ3v) is 1.79. The van der Waals surface area contributed by atoms with E-state index in [2.05, 4.69) is 14.9 Å². The van der Waals surface area contributed by atoms with Gasteiger partial charge in [-0.2, -0.15) is 8.42 Å². The maximum Gasteiger partial charge on any atom is 1.00 e. The summed E-state index contributed by atoms with van der Waals surface area (Å²) >= 11 is 0. The van der Waals surface area contributed by atoms with Crippen molar-refractivity contribution in [3.63, 3.8) is 0 Å². The Morgan fingerprint density at radius 1 is 1.69 bits per heavy atom. The summed E-state index contributed by atoms with van der Waals surface area (Å²) in [6.45, 7) is 4.66. The van der Waals surface area contributed by atoms with Crippen LogP contribution in [0.1, 0.15) is 14.8 Å². The summed E-state index contributed by atoms with van der Waals surface area (Å²) in [5.41, 5.74) is 0. The molecule has 0 aliphatic heterocycles. The topological polar surface area (TPSA) is 72.8 Å². The summed E-state index contributed by atoms with van der Waals surface area (Å²) in [5.74, 6) is 0. The van der Waals surface area contributed by atoms with E-state index in [4.69, 9.17) is 5.11 Å². The molecule has 0 fully saturated rings. The van der Waals surface area contributed by atoms with Crippen LogP contribution in [0.2, 0.25) is 0 Å². The molecule has 0 aromatic heterocycles. The Morgan fingerprint density at radius 2 is 2.23 bits per heavy atom. The van der Waals surface area contributed by atoms with Gasteiger partial charge in [0.1, 0.15) is 0 Å². The van der Waals surface area contributed by atoms with Gasteiger partial charge in [0.05, 0.1) is 6.61 Å². The Labute approximate surface area is 102 Å². The van der Waals surface area contributed by atoms with E-state index in [1.54, 1.807) is 6.92 Å². The third kappa shape index (κ3) is 8.89. The van der Waals surface area contributed by atoms with Crippen LogP contribution in [0.3, 0.4) is 0 Å². The van der Waals surface area contributed by atoms with E-state index in [9.17, 15) is 8.42 Å². The van der Waals surface area contributed by atoms with Crippen LogP contribution in [0.25, 0.3) is 0 Å². The first-order chi connectivity index (χ1) is 5.52. The van der Waals surface area contributed by atoms with Gasteiger partial charge in [-0.1, -0.05) is 13.0 Å². The molecule has 1 N–H and O–H groups in total. The molecule has 1 atom stereocenters. The average molecular weight is 220 g/mol. The Hall–Kier alpha value is 0.570. The van der Waals surface area contributed by atoms with Gasteiger partial charge in [-0.15, -0.1) is 6.58 Å². The average Bonchev–Trinajstić information content (AvgIpc) is 2.00. The molecule has 0 aliphatic carbocycles. The van der Waals surface area contributed by atoms with Gasteiger partial charge in [0.15, 0.2) is 6.29 Å². The van der Waals surface area contributed by atoms with Gasteiger partial charge >= 0.3 is 40.0 Å². The van der Waals surface area contributed by atoms with E-state index >= 15 is 0 Å². The van der Waals surface area contributed by atoms with E-state index in [0.29, 0.717) is 0 Å². The number of aliphatic hydroxyl groups excluding tert-OH is 1. The second kappa shape index (κ2) is 7.93. The fraction of sp³-hybridized carbons (Fsp3) is 0.667. The molecule has 0 radical (unpaired) electrons. The van der Waals surface area contributed by atoms with Crippen LogP contribution < -0.4 is 29.6 Å². The van der Waals surface area contributed by atoms with Crippen LogP contribution in [0.15, 0.2) is 12.7 Å². The first-order valence-corrected chi connectivity index (χ1v) is 4.71. The summed E-state index contributed by atoms with van der Waals surface area (Å²) < 4.78 is 29.8. The van der Waals surface area contributed by atoms with Crippen molar-refractivity contribution in [2.45, 2.75) is 19.6 Å². The number of aliphatic hydroxyl groups is 1. The van der Waals surface area contributed by atoms with Crippen LogP contribution >= 0.6 is 0 Å². The van der Waals surface area contributed by atoms with Crippen molar-refractivity contribution in [1.82, 2.24) is 0 Å². The Bertz CT molecular complexity index is 230. The van der Waals surface area contributed by atoms with Gasteiger partial charge in [-0.05, 0) is 6.42 Å². The third-order valence-electron chi connectivity index (χ3n) is 0.908. The maximum atomic E-state index is 10.7. The van der Waals surface area contributed by atoms with Crippen molar-refractivity contribution >= 4 is 10.4 Å². The fourth-order valence-electron chi connectivity index (χ4n) is 0.363. The minimum absolute atomic E-state index is 0. The molecule has 1 unspecified atom stereocenters. The molecule has 13 heavy (non-hydrogen) atoms. The minimum Gasteiger partial charge on any atom is -1.00 e. The molecule has 0 aliphatic rings. The first-order valence-electron chi connectivity index (χ1n) is 3.38. The molecule has 0 aromatic rings. The van der Waals surface area contributed by atoms with Gasteiger partial charge < -0.3 is 6.53 Å². The quantitative estimate of drug-likeness (QED) is 0.299. The zero-order valence-electron chi connectivity index (χ0n) is 8.76. The molecule has 0 aromatic carbocycles. The largest absolute Gasteiger partial charge is 1.00 e. The van der Waals surface area contributed by atoms with Gasteiger partial charge in [-0.3, -0.25) is 0 Å². The first kappa shape index (κ1) is 16.0. The van der Waals surface area contributed by atoms with Crippen molar-refractivity contribution in [2.24, 2.45) is 0 Å². The Balaban J connectivity index is -0.000000605. The van der Waals surface area contributed by atoms with E-state index in [-0.39, 0.29) is 44.0 Å². The monoisotopic (exact) mass is 220 g/mol. The van der Waals surface area contributed by atoms with E-state index in [1.807, 2.05) is 0 Å². The Morgan fingerprint density at radius 3 is 2.62 bits per heavy atom. The van der Waals surface area contributed by atoms with Gasteiger partial charge in [0.25, 0.3) is 0 Å². The number of hydrogen-bond acceptors (Lipinski definition) is 5. The summed E-state index contributed by atoms with van der Waals surface area (Å²) in [5, 5.41) is 8.79. The van der Waals surface area contributed by atoms with Crippen LogP contribution in [0, 0.1) is 0 Å². The van der Waals surface area contributed by atoms with Crippen LogP contribution in [0.5, 0.6) is 0 Å². The normalized spacial score (nSPS) is 13.1. The number of rotatable bonds is 6. The Kier molecular flexibility index (Phi) is 9.77. The zero-order chi connectivity index (χ0) is 9.61. The number of hydrogen-bond donors (Lipinski definition) is 1. The van der Waals surface area contributed by atoms with Crippen molar-refractivity contribution in [3.8, 4) is 0 Å². The molecule has 0 saturated heterocycles. The van der Waals surface area contributed by atoms with E-state index < -0.39 is 16.7 Å². The zero-order valence-corrected chi connectivity index (χ0v) is 10.6. The minimum atomic E-state index is -4.08. The van der Waals surface area contributed by atoms with Crippen molar-refractivity contribution in [1.29, 1.82) is 0 Å². The van der Waals surface area contributed by atoms with Gasteiger partial charge in [-0.25, -0.2) is 8.37 Å². The SMILES string of the molecule is C=CCOS(=O)(=O)OC(O)CC.[H-].[Na+]. The maximum absolute atomic E-state index is 10.7. The molecule has 7 heteroatoms. The smallest absolute Gasteiger partial charge is 1.00 e. The summed E-state index contributed by atoms with van der Waals surface area (Å²) in [7, 11) is -4.08. The molecule has 5 nitrogen and oxygen atoms in total. The molecular weight excluding hydrogens is 207 g/mol. The molecule has 0 heterocycles. The predicted octanol–water partition coefficient (Wildman–Crippen LogP) is -2.70. The van der Waals surface area contributed by atoms with Crippen LogP contribution in [0.4, 0.5) is 0 Å². The molecule has 0 rings (SSSR count). The van der Waals surface area contributed by atoms with Crippen molar-refractivity contribution in [2.75, 3.05) is 6.61 Å². The van der Waals surface area contributed by atoms with Crippen molar-refractivity contribution < 1.29 is 52.9 Å². The summed E-state index contributed by atoms with van der Waals surface area (Å²) in [4.78, 5) is 0. The van der Waals surface area contributed by atoms with Gasteiger partial charge in [0, 0.05) is 0 Å².